The van der Waals surface area contributed by atoms with Gasteiger partial charge in [-0.25, -0.2) is 4.79 Å². The number of ether oxygens (including phenoxy) is 2. The van der Waals surface area contributed by atoms with Crippen LogP contribution in [0.25, 0.3) is 0 Å². The molecule has 1 unspecified atom stereocenters. The van der Waals surface area contributed by atoms with Crippen LogP contribution in [0.1, 0.15) is 12.5 Å². The van der Waals surface area contributed by atoms with Crippen LogP contribution in [-0.4, -0.2) is 24.2 Å². The van der Waals surface area contributed by atoms with Crippen LogP contribution in [-0.2, 0) is 15.9 Å². The number of carbonyl (C=O) groups is 1. The molecule has 0 fully saturated rings. The fourth-order valence-electron chi connectivity index (χ4n) is 1.24. The molecule has 0 aliphatic rings. The Balaban J connectivity index is 2.54. The van der Waals surface area contributed by atoms with E-state index in [0.29, 0.717) is 13.0 Å². The van der Waals surface area contributed by atoms with Gasteiger partial charge in [0, 0.05) is 13.0 Å². The molecule has 15 heavy (non-hydrogen) atoms. The van der Waals surface area contributed by atoms with Crippen LogP contribution in [0.15, 0.2) is 30.3 Å². The SMILES string of the molecule is CCOC(Cc1ccccc1)OC(=O)O. The normalized spacial score (nSPS) is 12.1. The van der Waals surface area contributed by atoms with Gasteiger partial charge in [-0.3, -0.25) is 0 Å². The number of carboxylic acid groups (broad SMARTS) is 1. The van der Waals surface area contributed by atoms with E-state index in [1.54, 1.807) is 6.92 Å². The molecule has 1 rings (SSSR count). The van der Waals surface area contributed by atoms with E-state index in [4.69, 9.17) is 9.84 Å². The third-order valence-corrected chi connectivity index (χ3v) is 1.83. The molecule has 0 bridgehead atoms. The molecule has 0 aromatic heterocycles. The van der Waals surface area contributed by atoms with Gasteiger partial charge < -0.3 is 14.6 Å². The Labute approximate surface area is 88.4 Å². The molecule has 1 aromatic rings. The highest BCUT2D eigenvalue weighted by atomic mass is 16.8. The third kappa shape index (κ3) is 4.46. The standard InChI is InChI=1S/C11H14O4/c1-2-14-10(15-11(12)13)8-9-6-4-3-5-7-9/h3-7,10H,2,8H2,1H3,(H,12,13). The second-order valence-corrected chi connectivity index (χ2v) is 2.96. The van der Waals surface area contributed by atoms with Gasteiger partial charge in [0.1, 0.15) is 0 Å². The maximum atomic E-state index is 10.4. The molecule has 0 saturated carbocycles. The average molecular weight is 210 g/mol. The Hall–Kier alpha value is -1.55. The number of hydrogen-bond acceptors (Lipinski definition) is 3. The van der Waals surface area contributed by atoms with Crippen LogP contribution in [0, 0.1) is 0 Å². The summed E-state index contributed by atoms with van der Waals surface area (Å²) in [5, 5.41) is 8.49. The van der Waals surface area contributed by atoms with E-state index in [0.717, 1.165) is 5.56 Å². The Bertz CT molecular complexity index is 297. The lowest BCUT2D eigenvalue weighted by molar-refractivity contribution is -0.111. The first-order chi connectivity index (χ1) is 7.22. The summed E-state index contributed by atoms with van der Waals surface area (Å²) in [6, 6.07) is 9.48. The summed E-state index contributed by atoms with van der Waals surface area (Å²) in [5.41, 5.74) is 0.984. The van der Waals surface area contributed by atoms with Crippen molar-refractivity contribution in [2.24, 2.45) is 0 Å². The van der Waals surface area contributed by atoms with Crippen LogP contribution in [0.4, 0.5) is 4.79 Å². The maximum absolute atomic E-state index is 10.4. The molecule has 0 spiro atoms. The maximum Gasteiger partial charge on any atom is 0.508 e. The molecular formula is C11H14O4. The van der Waals surface area contributed by atoms with Crippen molar-refractivity contribution in [3.63, 3.8) is 0 Å². The van der Waals surface area contributed by atoms with Crippen molar-refractivity contribution < 1.29 is 19.4 Å². The lowest BCUT2D eigenvalue weighted by Gasteiger charge is -2.15. The highest BCUT2D eigenvalue weighted by molar-refractivity contribution is 5.56. The van der Waals surface area contributed by atoms with Crippen molar-refractivity contribution in [2.45, 2.75) is 19.6 Å². The predicted molar refractivity (Wildman–Crippen MR) is 54.7 cm³/mol. The summed E-state index contributed by atoms with van der Waals surface area (Å²) in [5.74, 6) is 0. The first-order valence-corrected chi connectivity index (χ1v) is 4.77. The number of hydrogen-bond donors (Lipinski definition) is 1. The zero-order valence-electron chi connectivity index (χ0n) is 8.55. The molecule has 0 aliphatic heterocycles. The predicted octanol–water partition coefficient (Wildman–Crippen LogP) is 2.29. The van der Waals surface area contributed by atoms with Crippen molar-refractivity contribution in [3.05, 3.63) is 35.9 Å². The van der Waals surface area contributed by atoms with E-state index >= 15 is 0 Å². The van der Waals surface area contributed by atoms with Crippen molar-refractivity contribution in [1.29, 1.82) is 0 Å². The molecule has 0 radical (unpaired) electrons. The zero-order valence-corrected chi connectivity index (χ0v) is 8.55. The fraction of sp³-hybridized carbons (Fsp3) is 0.364. The molecule has 0 heterocycles. The number of rotatable bonds is 5. The van der Waals surface area contributed by atoms with Gasteiger partial charge in [0.15, 0.2) is 0 Å². The lowest BCUT2D eigenvalue weighted by atomic mass is 10.1. The molecule has 0 saturated heterocycles. The first kappa shape index (κ1) is 11.5. The van der Waals surface area contributed by atoms with Gasteiger partial charge in [-0.15, -0.1) is 0 Å². The smallest absolute Gasteiger partial charge is 0.450 e. The monoisotopic (exact) mass is 210 g/mol. The van der Waals surface area contributed by atoms with E-state index < -0.39 is 12.4 Å². The average Bonchev–Trinajstić information content (AvgIpc) is 2.18. The minimum atomic E-state index is -1.32. The summed E-state index contributed by atoms with van der Waals surface area (Å²) < 4.78 is 9.74. The van der Waals surface area contributed by atoms with E-state index in [1.807, 2.05) is 30.3 Å². The summed E-state index contributed by atoms with van der Waals surface area (Å²) in [7, 11) is 0. The van der Waals surface area contributed by atoms with E-state index in [-0.39, 0.29) is 0 Å². The van der Waals surface area contributed by atoms with Crippen molar-refractivity contribution in [3.8, 4) is 0 Å². The van der Waals surface area contributed by atoms with Gasteiger partial charge in [-0.2, -0.15) is 0 Å². The topological polar surface area (TPSA) is 55.8 Å². The minimum Gasteiger partial charge on any atom is -0.450 e. The molecule has 82 valence electrons. The Morgan fingerprint density at radius 3 is 2.60 bits per heavy atom. The first-order valence-electron chi connectivity index (χ1n) is 4.77. The zero-order chi connectivity index (χ0) is 11.1. The summed E-state index contributed by atoms with van der Waals surface area (Å²) in [6.07, 6.45) is -1.61. The van der Waals surface area contributed by atoms with E-state index in [9.17, 15) is 4.79 Å². The highest BCUT2D eigenvalue weighted by Gasteiger charge is 2.13. The van der Waals surface area contributed by atoms with Crippen molar-refractivity contribution in [1.82, 2.24) is 0 Å². The second kappa shape index (κ2) is 6.03. The Kier molecular flexibility index (Phi) is 4.63. The number of benzene rings is 1. The largest absolute Gasteiger partial charge is 0.508 e. The summed E-state index contributed by atoms with van der Waals surface area (Å²) in [6.45, 7) is 2.22. The fourth-order valence-corrected chi connectivity index (χ4v) is 1.24. The second-order valence-electron chi connectivity index (χ2n) is 2.96. The molecule has 4 heteroatoms. The molecule has 0 amide bonds. The van der Waals surface area contributed by atoms with Gasteiger partial charge in [0.05, 0.1) is 0 Å². The van der Waals surface area contributed by atoms with Crippen LogP contribution in [0.3, 0.4) is 0 Å². The lowest BCUT2D eigenvalue weighted by Crippen LogP contribution is -2.22. The van der Waals surface area contributed by atoms with Gasteiger partial charge in [0.25, 0.3) is 0 Å². The van der Waals surface area contributed by atoms with Crippen molar-refractivity contribution >= 4 is 6.16 Å². The van der Waals surface area contributed by atoms with Crippen LogP contribution in [0.2, 0.25) is 0 Å². The highest BCUT2D eigenvalue weighted by Crippen LogP contribution is 2.07. The molecule has 1 atom stereocenters. The summed E-state index contributed by atoms with van der Waals surface area (Å²) >= 11 is 0. The van der Waals surface area contributed by atoms with E-state index in [2.05, 4.69) is 4.74 Å². The van der Waals surface area contributed by atoms with E-state index in [1.165, 1.54) is 0 Å². The molecule has 0 aliphatic carbocycles. The molecule has 4 nitrogen and oxygen atoms in total. The van der Waals surface area contributed by atoms with Gasteiger partial charge in [-0.1, -0.05) is 30.3 Å². The molecular weight excluding hydrogens is 196 g/mol. The van der Waals surface area contributed by atoms with Crippen molar-refractivity contribution in [2.75, 3.05) is 6.61 Å². The molecule has 1 aromatic carbocycles. The minimum absolute atomic E-state index is 0.421. The van der Waals surface area contributed by atoms with Gasteiger partial charge in [-0.05, 0) is 12.5 Å². The van der Waals surface area contributed by atoms with Crippen LogP contribution < -0.4 is 0 Å². The van der Waals surface area contributed by atoms with Crippen LogP contribution in [0.5, 0.6) is 0 Å². The van der Waals surface area contributed by atoms with Gasteiger partial charge in [0.2, 0.25) is 6.29 Å². The quantitative estimate of drug-likeness (QED) is 0.598. The van der Waals surface area contributed by atoms with Crippen LogP contribution >= 0.6 is 0 Å². The Morgan fingerprint density at radius 2 is 2.07 bits per heavy atom. The third-order valence-electron chi connectivity index (χ3n) is 1.83. The van der Waals surface area contributed by atoms with Gasteiger partial charge >= 0.3 is 6.16 Å². The molecule has 1 N–H and O–H groups in total. The Morgan fingerprint density at radius 1 is 1.40 bits per heavy atom. The summed E-state index contributed by atoms with van der Waals surface area (Å²) in [4.78, 5) is 10.4.